The maximum atomic E-state index is 12.5. The fourth-order valence-electron chi connectivity index (χ4n) is 2.83. The summed E-state index contributed by atoms with van der Waals surface area (Å²) in [7, 11) is 0. The number of benzene rings is 2. The van der Waals surface area contributed by atoms with Crippen LogP contribution in [-0.2, 0) is 6.54 Å². The summed E-state index contributed by atoms with van der Waals surface area (Å²) in [6, 6.07) is 20.4. The van der Waals surface area contributed by atoms with Crippen molar-refractivity contribution >= 4 is 17.5 Å². The molecule has 4 N–H and O–H groups in total. The van der Waals surface area contributed by atoms with Gasteiger partial charge in [0.2, 0.25) is 0 Å². The first-order valence-electron chi connectivity index (χ1n) is 9.43. The SMILES string of the molecule is CC(C)NC(=O)c1cccc(C(=O)NCc2cccc(-c3ccc(N)cc3)c2)n1. The summed E-state index contributed by atoms with van der Waals surface area (Å²) >= 11 is 0. The average molecular weight is 388 g/mol. The molecule has 1 aromatic heterocycles. The molecule has 6 heteroatoms. The first kappa shape index (κ1) is 20.1. The molecule has 2 amide bonds. The molecule has 0 unspecified atom stereocenters. The molecule has 3 rings (SSSR count). The second-order valence-electron chi connectivity index (χ2n) is 7.04. The van der Waals surface area contributed by atoms with Gasteiger partial charge in [-0.3, -0.25) is 9.59 Å². The van der Waals surface area contributed by atoms with Crippen molar-refractivity contribution < 1.29 is 9.59 Å². The molecule has 148 valence electrons. The van der Waals surface area contributed by atoms with Gasteiger partial charge in [0.1, 0.15) is 11.4 Å². The molecule has 2 aromatic carbocycles. The highest BCUT2D eigenvalue weighted by atomic mass is 16.2. The van der Waals surface area contributed by atoms with Gasteiger partial charge in [-0.25, -0.2) is 4.98 Å². The number of hydrogen-bond acceptors (Lipinski definition) is 4. The van der Waals surface area contributed by atoms with Crippen molar-refractivity contribution in [3.05, 3.63) is 83.7 Å². The number of carbonyl (C=O) groups excluding carboxylic acids is 2. The lowest BCUT2D eigenvalue weighted by Crippen LogP contribution is -2.31. The Bertz CT molecular complexity index is 1010. The van der Waals surface area contributed by atoms with Gasteiger partial charge in [0.05, 0.1) is 0 Å². The molecule has 0 aliphatic carbocycles. The monoisotopic (exact) mass is 388 g/mol. The molecule has 0 atom stereocenters. The van der Waals surface area contributed by atoms with Crippen LogP contribution in [0.1, 0.15) is 40.4 Å². The molecule has 0 fully saturated rings. The molecule has 0 spiro atoms. The van der Waals surface area contributed by atoms with Gasteiger partial charge in [-0.15, -0.1) is 0 Å². The molecule has 3 aromatic rings. The summed E-state index contributed by atoms with van der Waals surface area (Å²) in [4.78, 5) is 28.8. The predicted molar refractivity (Wildman–Crippen MR) is 114 cm³/mol. The van der Waals surface area contributed by atoms with Crippen molar-refractivity contribution in [3.8, 4) is 11.1 Å². The van der Waals surface area contributed by atoms with E-state index in [0.717, 1.165) is 16.7 Å². The van der Waals surface area contributed by atoms with Crippen LogP contribution in [0, 0.1) is 0 Å². The first-order chi connectivity index (χ1) is 13.9. The minimum absolute atomic E-state index is 0.00452. The van der Waals surface area contributed by atoms with E-state index in [-0.39, 0.29) is 29.2 Å². The molecule has 29 heavy (non-hydrogen) atoms. The smallest absolute Gasteiger partial charge is 0.270 e. The van der Waals surface area contributed by atoms with E-state index in [1.165, 1.54) is 0 Å². The van der Waals surface area contributed by atoms with Gasteiger partial charge < -0.3 is 16.4 Å². The number of nitrogens with two attached hydrogens (primary N) is 1. The fraction of sp³-hybridized carbons (Fsp3) is 0.174. The number of nitrogen functional groups attached to an aromatic ring is 1. The first-order valence-corrected chi connectivity index (χ1v) is 9.43. The minimum Gasteiger partial charge on any atom is -0.399 e. The number of nitrogens with zero attached hydrogens (tertiary/aromatic N) is 1. The Labute approximate surface area is 170 Å². The van der Waals surface area contributed by atoms with Crippen LogP contribution in [-0.4, -0.2) is 22.8 Å². The van der Waals surface area contributed by atoms with E-state index >= 15 is 0 Å². The molecule has 6 nitrogen and oxygen atoms in total. The molecule has 0 bridgehead atoms. The number of carbonyl (C=O) groups is 2. The highest BCUT2D eigenvalue weighted by molar-refractivity contribution is 5.96. The lowest BCUT2D eigenvalue weighted by Gasteiger charge is -2.10. The van der Waals surface area contributed by atoms with E-state index in [4.69, 9.17) is 5.73 Å². The topological polar surface area (TPSA) is 97.1 Å². The Morgan fingerprint density at radius 2 is 1.55 bits per heavy atom. The molecule has 0 saturated heterocycles. The van der Waals surface area contributed by atoms with E-state index < -0.39 is 0 Å². The third kappa shape index (κ3) is 5.42. The number of rotatable bonds is 6. The molecular formula is C23H24N4O2. The van der Waals surface area contributed by atoms with Crippen LogP contribution < -0.4 is 16.4 Å². The summed E-state index contributed by atoms with van der Waals surface area (Å²) in [5.41, 5.74) is 9.94. The quantitative estimate of drug-likeness (QED) is 0.564. The lowest BCUT2D eigenvalue weighted by molar-refractivity contribution is 0.0936. The van der Waals surface area contributed by atoms with Crippen LogP contribution >= 0.6 is 0 Å². The van der Waals surface area contributed by atoms with E-state index in [9.17, 15) is 9.59 Å². The van der Waals surface area contributed by atoms with E-state index in [0.29, 0.717) is 12.2 Å². The molecule has 0 radical (unpaired) electrons. The Morgan fingerprint density at radius 3 is 2.24 bits per heavy atom. The largest absolute Gasteiger partial charge is 0.399 e. The highest BCUT2D eigenvalue weighted by Gasteiger charge is 2.13. The second kappa shape index (κ2) is 9.01. The van der Waals surface area contributed by atoms with Crippen molar-refractivity contribution in [1.82, 2.24) is 15.6 Å². The summed E-state index contributed by atoms with van der Waals surface area (Å²) in [6.07, 6.45) is 0. The van der Waals surface area contributed by atoms with E-state index in [2.05, 4.69) is 15.6 Å². The Kier molecular flexibility index (Phi) is 6.24. The van der Waals surface area contributed by atoms with Crippen LogP contribution in [0.25, 0.3) is 11.1 Å². The van der Waals surface area contributed by atoms with Crippen molar-refractivity contribution in [3.63, 3.8) is 0 Å². The Balaban J connectivity index is 1.67. The maximum Gasteiger partial charge on any atom is 0.270 e. The number of pyridine rings is 1. The normalized spacial score (nSPS) is 10.6. The highest BCUT2D eigenvalue weighted by Crippen LogP contribution is 2.21. The summed E-state index contributed by atoms with van der Waals surface area (Å²) in [5.74, 6) is -0.632. The van der Waals surface area contributed by atoms with E-state index in [1.54, 1.807) is 18.2 Å². The van der Waals surface area contributed by atoms with Crippen molar-refractivity contribution in [1.29, 1.82) is 0 Å². The third-order valence-electron chi connectivity index (χ3n) is 4.26. The zero-order chi connectivity index (χ0) is 20.8. The molecule has 0 aliphatic heterocycles. The van der Waals surface area contributed by atoms with Gasteiger partial charge >= 0.3 is 0 Å². The Morgan fingerprint density at radius 1 is 0.897 bits per heavy atom. The minimum atomic E-state index is -0.331. The zero-order valence-corrected chi connectivity index (χ0v) is 16.5. The molecule has 0 aliphatic rings. The zero-order valence-electron chi connectivity index (χ0n) is 16.5. The second-order valence-corrected chi connectivity index (χ2v) is 7.04. The standard InChI is InChI=1S/C23H24N4O2/c1-15(2)26-23(29)21-8-4-7-20(27-21)22(28)25-14-16-5-3-6-18(13-16)17-9-11-19(24)12-10-17/h3-13,15H,14,24H2,1-2H3,(H,25,28)(H,26,29). The van der Waals surface area contributed by atoms with Crippen molar-refractivity contribution in [2.24, 2.45) is 0 Å². The van der Waals surface area contributed by atoms with Gasteiger partial charge in [-0.2, -0.15) is 0 Å². The molecule has 0 saturated carbocycles. The Hall–Kier alpha value is -3.67. The molecule has 1 heterocycles. The van der Waals surface area contributed by atoms with Crippen LogP contribution in [0.15, 0.2) is 66.7 Å². The van der Waals surface area contributed by atoms with Crippen LogP contribution in [0.5, 0.6) is 0 Å². The lowest BCUT2D eigenvalue weighted by atomic mass is 10.0. The fourth-order valence-corrected chi connectivity index (χ4v) is 2.83. The van der Waals surface area contributed by atoms with Crippen molar-refractivity contribution in [2.45, 2.75) is 26.4 Å². The summed E-state index contributed by atoms with van der Waals surface area (Å²) in [6.45, 7) is 4.09. The number of hydrogen-bond donors (Lipinski definition) is 3. The van der Waals surface area contributed by atoms with Gasteiger partial charge in [0.25, 0.3) is 11.8 Å². The summed E-state index contributed by atoms with van der Waals surface area (Å²) < 4.78 is 0. The predicted octanol–water partition coefficient (Wildman–Crippen LogP) is 3.40. The van der Waals surface area contributed by atoms with Crippen molar-refractivity contribution in [2.75, 3.05) is 5.73 Å². The third-order valence-corrected chi connectivity index (χ3v) is 4.26. The molecular weight excluding hydrogens is 364 g/mol. The number of anilines is 1. The van der Waals surface area contributed by atoms with Gasteiger partial charge in [0, 0.05) is 18.3 Å². The summed E-state index contributed by atoms with van der Waals surface area (Å²) in [5, 5.41) is 5.62. The van der Waals surface area contributed by atoms with Gasteiger partial charge in [0.15, 0.2) is 0 Å². The van der Waals surface area contributed by atoms with Gasteiger partial charge in [-0.05, 0) is 60.9 Å². The maximum absolute atomic E-state index is 12.5. The number of amides is 2. The number of aromatic nitrogens is 1. The number of nitrogens with one attached hydrogen (secondary N) is 2. The average Bonchev–Trinajstić information content (AvgIpc) is 2.72. The van der Waals surface area contributed by atoms with Crippen LogP contribution in [0.3, 0.4) is 0 Å². The van der Waals surface area contributed by atoms with Crippen LogP contribution in [0.2, 0.25) is 0 Å². The van der Waals surface area contributed by atoms with Gasteiger partial charge in [-0.1, -0.05) is 36.4 Å². The van der Waals surface area contributed by atoms with E-state index in [1.807, 2.05) is 62.4 Å². The van der Waals surface area contributed by atoms with Crippen LogP contribution in [0.4, 0.5) is 5.69 Å².